The minimum Gasteiger partial charge on any atom is -0.481 e. The Kier molecular flexibility index (Phi) is 3.25. The molecular weight excluding hydrogens is 238 g/mol. The lowest BCUT2D eigenvalue weighted by Gasteiger charge is -2.51. The SMILES string of the molecule is NC[C@]1(CC(=O)O)C[C@H]2CC(CC3CC=CC3)=C[C@H]21. The second kappa shape index (κ2) is 4.78. The number of carbonyl (C=O) groups is 1. The van der Waals surface area contributed by atoms with Gasteiger partial charge in [-0.05, 0) is 61.8 Å². The Morgan fingerprint density at radius 3 is 2.79 bits per heavy atom. The van der Waals surface area contributed by atoms with Crippen LogP contribution < -0.4 is 5.73 Å². The van der Waals surface area contributed by atoms with E-state index in [1.54, 1.807) is 5.57 Å². The lowest BCUT2D eigenvalue weighted by atomic mass is 9.53. The van der Waals surface area contributed by atoms with Crippen LogP contribution in [0.1, 0.15) is 38.5 Å². The van der Waals surface area contributed by atoms with Crippen LogP contribution in [0.25, 0.3) is 0 Å². The van der Waals surface area contributed by atoms with Crippen LogP contribution in [-0.2, 0) is 4.79 Å². The fraction of sp³-hybridized carbons (Fsp3) is 0.688. The van der Waals surface area contributed by atoms with Gasteiger partial charge in [0.25, 0.3) is 0 Å². The van der Waals surface area contributed by atoms with E-state index in [0.29, 0.717) is 18.4 Å². The van der Waals surface area contributed by atoms with Crippen molar-refractivity contribution in [3.8, 4) is 0 Å². The second-order valence-electron chi connectivity index (χ2n) is 6.67. The summed E-state index contributed by atoms with van der Waals surface area (Å²) in [4.78, 5) is 11.0. The van der Waals surface area contributed by atoms with Gasteiger partial charge in [0.1, 0.15) is 0 Å². The smallest absolute Gasteiger partial charge is 0.303 e. The second-order valence-corrected chi connectivity index (χ2v) is 6.67. The molecule has 3 atom stereocenters. The Bertz CT molecular complexity index is 432. The predicted molar refractivity (Wildman–Crippen MR) is 74.5 cm³/mol. The highest BCUT2D eigenvalue weighted by Gasteiger charge is 2.54. The van der Waals surface area contributed by atoms with Crippen molar-refractivity contribution in [2.75, 3.05) is 6.54 Å². The highest BCUT2D eigenvalue weighted by molar-refractivity contribution is 5.68. The van der Waals surface area contributed by atoms with E-state index in [4.69, 9.17) is 10.8 Å². The quantitative estimate of drug-likeness (QED) is 0.748. The molecule has 0 saturated heterocycles. The van der Waals surface area contributed by atoms with E-state index in [-0.39, 0.29) is 11.8 Å². The van der Waals surface area contributed by atoms with Crippen molar-refractivity contribution in [1.82, 2.24) is 0 Å². The fourth-order valence-electron chi connectivity index (χ4n) is 4.44. The molecule has 3 nitrogen and oxygen atoms in total. The molecule has 0 amide bonds. The molecule has 104 valence electrons. The molecule has 0 aromatic carbocycles. The standard InChI is InChI=1S/C16H23NO2/c17-10-16(9-15(18)19)8-13-6-12(7-14(13)16)5-11-3-1-2-4-11/h1-2,7,11,13-14H,3-6,8-10,17H2,(H,18,19)/t13-,14-,16-/m1/s1. The van der Waals surface area contributed by atoms with E-state index in [2.05, 4.69) is 18.2 Å². The van der Waals surface area contributed by atoms with Gasteiger partial charge in [0.2, 0.25) is 0 Å². The van der Waals surface area contributed by atoms with E-state index in [1.807, 2.05) is 0 Å². The first-order valence-electron chi connectivity index (χ1n) is 7.39. The summed E-state index contributed by atoms with van der Waals surface area (Å²) in [6, 6.07) is 0. The molecule has 3 heteroatoms. The number of carboxylic acid groups (broad SMARTS) is 1. The maximum Gasteiger partial charge on any atom is 0.303 e. The summed E-state index contributed by atoms with van der Waals surface area (Å²) in [7, 11) is 0. The Labute approximate surface area is 114 Å². The lowest BCUT2D eigenvalue weighted by Crippen LogP contribution is -2.51. The van der Waals surface area contributed by atoms with Crippen molar-refractivity contribution in [1.29, 1.82) is 0 Å². The third-order valence-electron chi connectivity index (χ3n) is 5.39. The number of carboxylic acids is 1. The van der Waals surface area contributed by atoms with Gasteiger partial charge in [0, 0.05) is 0 Å². The van der Waals surface area contributed by atoms with Crippen LogP contribution in [0.15, 0.2) is 23.8 Å². The van der Waals surface area contributed by atoms with Crippen LogP contribution in [0.2, 0.25) is 0 Å². The first-order chi connectivity index (χ1) is 9.13. The summed E-state index contributed by atoms with van der Waals surface area (Å²) in [6.07, 6.45) is 13.0. The molecule has 0 unspecified atom stereocenters. The van der Waals surface area contributed by atoms with Crippen molar-refractivity contribution in [3.63, 3.8) is 0 Å². The summed E-state index contributed by atoms with van der Waals surface area (Å²) < 4.78 is 0. The normalized spacial score (nSPS) is 37.0. The highest BCUT2D eigenvalue weighted by atomic mass is 16.4. The van der Waals surface area contributed by atoms with Gasteiger partial charge in [-0.3, -0.25) is 4.79 Å². The van der Waals surface area contributed by atoms with Crippen molar-refractivity contribution in [2.45, 2.75) is 38.5 Å². The van der Waals surface area contributed by atoms with Crippen LogP contribution in [0.5, 0.6) is 0 Å². The topological polar surface area (TPSA) is 63.3 Å². The maximum absolute atomic E-state index is 11.0. The monoisotopic (exact) mass is 261 g/mol. The number of rotatable bonds is 5. The van der Waals surface area contributed by atoms with Crippen molar-refractivity contribution in [2.24, 2.45) is 28.9 Å². The average Bonchev–Trinajstić information content (AvgIpc) is 2.96. The number of fused-ring (bicyclic) bond motifs is 1. The van der Waals surface area contributed by atoms with Gasteiger partial charge in [0.15, 0.2) is 0 Å². The Balaban J connectivity index is 1.65. The maximum atomic E-state index is 11.0. The Hall–Kier alpha value is -1.09. The van der Waals surface area contributed by atoms with Gasteiger partial charge < -0.3 is 10.8 Å². The minimum atomic E-state index is -0.703. The van der Waals surface area contributed by atoms with Gasteiger partial charge in [0.05, 0.1) is 6.42 Å². The molecule has 1 fully saturated rings. The summed E-state index contributed by atoms with van der Waals surface area (Å²) in [5, 5.41) is 9.08. The van der Waals surface area contributed by atoms with Crippen molar-refractivity contribution in [3.05, 3.63) is 23.8 Å². The Morgan fingerprint density at radius 1 is 1.42 bits per heavy atom. The summed E-state index contributed by atoms with van der Waals surface area (Å²) >= 11 is 0. The zero-order chi connectivity index (χ0) is 13.5. The van der Waals surface area contributed by atoms with E-state index < -0.39 is 5.97 Å². The molecule has 3 rings (SSSR count). The number of aliphatic carboxylic acids is 1. The first-order valence-corrected chi connectivity index (χ1v) is 7.39. The number of hydrogen-bond acceptors (Lipinski definition) is 2. The lowest BCUT2D eigenvalue weighted by molar-refractivity contribution is -0.144. The molecule has 0 aromatic heterocycles. The molecule has 0 aromatic rings. The minimum absolute atomic E-state index is 0.147. The summed E-state index contributed by atoms with van der Waals surface area (Å²) in [5.74, 6) is 1.19. The molecule has 0 aliphatic heterocycles. The number of hydrogen-bond donors (Lipinski definition) is 2. The third kappa shape index (κ3) is 2.25. The van der Waals surface area contributed by atoms with E-state index in [0.717, 1.165) is 12.3 Å². The van der Waals surface area contributed by atoms with E-state index in [1.165, 1.54) is 25.7 Å². The molecule has 1 saturated carbocycles. The summed E-state index contributed by atoms with van der Waals surface area (Å²) in [6.45, 7) is 0.509. The fourth-order valence-corrected chi connectivity index (χ4v) is 4.44. The van der Waals surface area contributed by atoms with Crippen LogP contribution in [-0.4, -0.2) is 17.6 Å². The largest absolute Gasteiger partial charge is 0.481 e. The van der Waals surface area contributed by atoms with Gasteiger partial charge in [-0.2, -0.15) is 0 Å². The first kappa shape index (κ1) is 12.9. The zero-order valence-corrected chi connectivity index (χ0v) is 11.3. The highest BCUT2D eigenvalue weighted by Crippen LogP contribution is 2.59. The molecule has 0 spiro atoms. The Morgan fingerprint density at radius 2 is 2.16 bits per heavy atom. The molecule has 19 heavy (non-hydrogen) atoms. The number of nitrogens with two attached hydrogens (primary N) is 1. The van der Waals surface area contributed by atoms with Crippen LogP contribution in [0, 0.1) is 23.2 Å². The number of allylic oxidation sites excluding steroid dienone is 4. The molecule has 0 heterocycles. The van der Waals surface area contributed by atoms with E-state index >= 15 is 0 Å². The molecule has 3 aliphatic carbocycles. The van der Waals surface area contributed by atoms with E-state index in [9.17, 15) is 4.79 Å². The molecule has 0 bridgehead atoms. The third-order valence-corrected chi connectivity index (χ3v) is 5.39. The van der Waals surface area contributed by atoms with Crippen LogP contribution in [0.4, 0.5) is 0 Å². The van der Waals surface area contributed by atoms with Crippen molar-refractivity contribution >= 4 is 5.97 Å². The zero-order valence-electron chi connectivity index (χ0n) is 11.3. The average molecular weight is 261 g/mol. The molecular formula is C16H23NO2. The molecule has 3 aliphatic rings. The summed E-state index contributed by atoms with van der Waals surface area (Å²) in [5.41, 5.74) is 7.29. The molecule has 0 radical (unpaired) electrons. The molecule has 3 N–H and O–H groups in total. The van der Waals surface area contributed by atoms with Crippen LogP contribution in [0.3, 0.4) is 0 Å². The van der Waals surface area contributed by atoms with Gasteiger partial charge >= 0.3 is 5.97 Å². The van der Waals surface area contributed by atoms with Gasteiger partial charge in [-0.25, -0.2) is 0 Å². The van der Waals surface area contributed by atoms with Crippen molar-refractivity contribution < 1.29 is 9.90 Å². The van der Waals surface area contributed by atoms with Crippen LogP contribution >= 0.6 is 0 Å². The predicted octanol–water partition coefficient (Wildman–Crippen LogP) is 2.73. The van der Waals surface area contributed by atoms with Gasteiger partial charge in [-0.15, -0.1) is 0 Å². The van der Waals surface area contributed by atoms with Gasteiger partial charge in [-0.1, -0.05) is 23.8 Å².